The molecule has 0 radical (unpaired) electrons. The highest BCUT2D eigenvalue weighted by Crippen LogP contribution is 2.24. The van der Waals surface area contributed by atoms with Crippen LogP contribution in [0.5, 0.6) is 0 Å². The van der Waals surface area contributed by atoms with E-state index in [9.17, 15) is 13.2 Å². The predicted octanol–water partition coefficient (Wildman–Crippen LogP) is 0.609. The van der Waals surface area contributed by atoms with Crippen LogP contribution in [0.25, 0.3) is 0 Å². The molecule has 1 saturated heterocycles. The van der Waals surface area contributed by atoms with Gasteiger partial charge in [-0.05, 0) is 32.1 Å². The van der Waals surface area contributed by atoms with Gasteiger partial charge in [-0.2, -0.15) is 10.1 Å². The zero-order chi connectivity index (χ0) is 16.4. The molecule has 1 aromatic heterocycles. The average Bonchev–Trinajstić information content (AvgIpc) is 3.01. The molecule has 1 aromatic rings. The minimum Gasteiger partial charge on any atom is -0.340 e. The quantitative estimate of drug-likeness (QED) is 0.800. The molecule has 0 aliphatic carbocycles. The van der Waals surface area contributed by atoms with Crippen LogP contribution < -0.4 is 4.31 Å². The van der Waals surface area contributed by atoms with Crippen LogP contribution in [0.1, 0.15) is 39.0 Å². The van der Waals surface area contributed by atoms with Gasteiger partial charge in [0.25, 0.3) is 0 Å². The first kappa shape index (κ1) is 16.2. The minimum absolute atomic E-state index is 0.0266. The van der Waals surface area contributed by atoms with Crippen molar-refractivity contribution in [3.05, 3.63) is 6.33 Å². The fraction of sp³-hybridized carbons (Fsp3) is 0.786. The molecule has 128 valence electrons. The third-order valence-electron chi connectivity index (χ3n) is 4.63. The Kier molecular flexibility index (Phi) is 4.56. The number of hydrogen-bond donors (Lipinski definition) is 0. The van der Waals surface area contributed by atoms with Crippen molar-refractivity contribution in [2.24, 2.45) is 0 Å². The van der Waals surface area contributed by atoms with Crippen molar-refractivity contribution in [2.45, 2.75) is 51.6 Å². The summed E-state index contributed by atoms with van der Waals surface area (Å²) >= 11 is 0. The first-order valence-electron chi connectivity index (χ1n) is 8.14. The molecule has 8 nitrogen and oxygen atoms in total. The first-order chi connectivity index (χ1) is 11.0. The SMILES string of the molecule is CC(=O)N1CCCCC1CCS(=O)(=O)N1CCCn2ncnc21. The van der Waals surface area contributed by atoms with Crippen molar-refractivity contribution in [1.29, 1.82) is 0 Å². The minimum atomic E-state index is -3.44. The Morgan fingerprint density at radius 3 is 2.87 bits per heavy atom. The Morgan fingerprint density at radius 2 is 2.09 bits per heavy atom. The number of piperidine rings is 1. The van der Waals surface area contributed by atoms with Crippen molar-refractivity contribution >= 4 is 21.9 Å². The number of carbonyl (C=O) groups excluding carboxylic acids is 1. The van der Waals surface area contributed by atoms with Gasteiger partial charge in [-0.3, -0.25) is 4.79 Å². The number of hydrogen-bond acceptors (Lipinski definition) is 5. The number of amides is 1. The predicted molar refractivity (Wildman–Crippen MR) is 85.4 cm³/mol. The van der Waals surface area contributed by atoms with Gasteiger partial charge in [0.05, 0.1) is 5.75 Å². The van der Waals surface area contributed by atoms with E-state index in [1.54, 1.807) is 11.6 Å². The van der Waals surface area contributed by atoms with Gasteiger partial charge < -0.3 is 4.90 Å². The molecule has 1 fully saturated rings. The Hall–Kier alpha value is -1.64. The Balaban J connectivity index is 1.69. The van der Waals surface area contributed by atoms with Gasteiger partial charge in [-0.1, -0.05) is 0 Å². The van der Waals surface area contributed by atoms with E-state index in [1.165, 1.54) is 10.6 Å². The highest BCUT2D eigenvalue weighted by molar-refractivity contribution is 7.92. The molecule has 0 spiro atoms. The smallest absolute Gasteiger partial charge is 0.237 e. The number of carbonyl (C=O) groups is 1. The topological polar surface area (TPSA) is 88.4 Å². The molecule has 0 aromatic carbocycles. The molecule has 2 aliphatic heterocycles. The van der Waals surface area contributed by atoms with E-state index in [1.807, 2.05) is 4.90 Å². The van der Waals surface area contributed by atoms with Crippen LogP contribution >= 0.6 is 0 Å². The van der Waals surface area contributed by atoms with Gasteiger partial charge in [0.2, 0.25) is 21.9 Å². The lowest BCUT2D eigenvalue weighted by Gasteiger charge is -2.35. The molecule has 3 rings (SSSR count). The van der Waals surface area contributed by atoms with Crippen LogP contribution in [-0.2, 0) is 21.4 Å². The van der Waals surface area contributed by atoms with Crippen LogP contribution in [-0.4, -0.2) is 58.9 Å². The second-order valence-corrected chi connectivity index (χ2v) is 8.19. The van der Waals surface area contributed by atoms with Crippen molar-refractivity contribution in [3.63, 3.8) is 0 Å². The van der Waals surface area contributed by atoms with Crippen LogP contribution in [0.3, 0.4) is 0 Å². The summed E-state index contributed by atoms with van der Waals surface area (Å²) in [5.74, 6) is 0.474. The summed E-state index contributed by atoms with van der Waals surface area (Å²) in [6.45, 7) is 3.43. The highest BCUT2D eigenvalue weighted by Gasteiger charge is 2.32. The summed E-state index contributed by atoms with van der Waals surface area (Å²) < 4.78 is 28.4. The van der Waals surface area contributed by atoms with Gasteiger partial charge in [-0.15, -0.1) is 0 Å². The molecule has 0 N–H and O–H groups in total. The van der Waals surface area contributed by atoms with E-state index in [4.69, 9.17) is 0 Å². The second-order valence-electron chi connectivity index (χ2n) is 6.18. The fourth-order valence-corrected chi connectivity index (χ4v) is 5.03. The molecular weight excluding hydrogens is 318 g/mol. The van der Waals surface area contributed by atoms with Crippen LogP contribution in [0.15, 0.2) is 6.33 Å². The van der Waals surface area contributed by atoms with E-state index >= 15 is 0 Å². The van der Waals surface area contributed by atoms with Gasteiger partial charge >= 0.3 is 0 Å². The van der Waals surface area contributed by atoms with Gasteiger partial charge in [0.15, 0.2) is 0 Å². The lowest BCUT2D eigenvalue weighted by molar-refractivity contribution is -0.132. The fourth-order valence-electron chi connectivity index (χ4n) is 3.45. The molecule has 1 atom stereocenters. The highest BCUT2D eigenvalue weighted by atomic mass is 32.2. The van der Waals surface area contributed by atoms with E-state index in [-0.39, 0.29) is 17.7 Å². The number of rotatable bonds is 4. The molecule has 3 heterocycles. The Bertz CT molecular complexity index is 672. The zero-order valence-corrected chi connectivity index (χ0v) is 14.2. The standard InChI is InChI=1S/C14H23N5O3S/c1-12(20)17-7-3-2-5-13(17)6-10-23(21,22)19-9-4-8-18-14(19)15-11-16-18/h11,13H,2-10H2,1H3. The average molecular weight is 341 g/mol. The van der Waals surface area contributed by atoms with Crippen LogP contribution in [0.2, 0.25) is 0 Å². The molecule has 0 saturated carbocycles. The Morgan fingerprint density at radius 1 is 1.26 bits per heavy atom. The van der Waals surface area contributed by atoms with Gasteiger partial charge in [-0.25, -0.2) is 17.4 Å². The summed E-state index contributed by atoms with van der Waals surface area (Å²) in [6, 6.07) is 0.0266. The third-order valence-corrected chi connectivity index (χ3v) is 6.39. The van der Waals surface area contributed by atoms with E-state index in [0.29, 0.717) is 25.5 Å². The van der Waals surface area contributed by atoms with E-state index < -0.39 is 10.0 Å². The molecule has 0 bridgehead atoms. The summed E-state index contributed by atoms with van der Waals surface area (Å²) in [7, 11) is -3.44. The van der Waals surface area contributed by atoms with Gasteiger partial charge in [0, 0.05) is 32.6 Å². The van der Waals surface area contributed by atoms with Gasteiger partial charge in [0.1, 0.15) is 6.33 Å². The lowest BCUT2D eigenvalue weighted by atomic mass is 10.00. The maximum absolute atomic E-state index is 12.7. The summed E-state index contributed by atoms with van der Waals surface area (Å²) in [5, 5.41) is 4.05. The number of nitrogens with zero attached hydrogens (tertiary/aromatic N) is 5. The van der Waals surface area contributed by atoms with Crippen LogP contribution in [0, 0.1) is 0 Å². The lowest BCUT2D eigenvalue weighted by Crippen LogP contribution is -2.45. The number of fused-ring (bicyclic) bond motifs is 1. The van der Waals surface area contributed by atoms with E-state index in [2.05, 4.69) is 10.1 Å². The van der Waals surface area contributed by atoms with Crippen molar-refractivity contribution < 1.29 is 13.2 Å². The number of aromatic nitrogens is 3. The summed E-state index contributed by atoms with van der Waals surface area (Å²) in [6.07, 6.45) is 5.53. The maximum Gasteiger partial charge on any atom is 0.237 e. The normalized spacial score (nSPS) is 22.0. The molecule has 9 heteroatoms. The second kappa shape index (κ2) is 6.46. The largest absolute Gasteiger partial charge is 0.340 e. The maximum atomic E-state index is 12.7. The number of likely N-dealkylation sites (tertiary alicyclic amines) is 1. The molecular formula is C14H23N5O3S. The monoisotopic (exact) mass is 341 g/mol. The zero-order valence-electron chi connectivity index (χ0n) is 13.4. The summed E-state index contributed by atoms with van der Waals surface area (Å²) in [4.78, 5) is 17.6. The van der Waals surface area contributed by atoms with Crippen LogP contribution in [0.4, 0.5) is 5.95 Å². The molecule has 2 aliphatic rings. The number of sulfonamides is 1. The van der Waals surface area contributed by atoms with Crippen molar-refractivity contribution in [3.8, 4) is 0 Å². The van der Waals surface area contributed by atoms with Crippen molar-refractivity contribution in [1.82, 2.24) is 19.7 Å². The summed E-state index contributed by atoms with van der Waals surface area (Å²) in [5.41, 5.74) is 0. The molecule has 1 amide bonds. The number of aryl methyl sites for hydroxylation is 1. The molecule has 23 heavy (non-hydrogen) atoms. The third kappa shape index (κ3) is 3.34. The Labute approximate surface area is 136 Å². The first-order valence-corrected chi connectivity index (χ1v) is 9.75. The molecule has 1 unspecified atom stereocenters. The van der Waals surface area contributed by atoms with E-state index in [0.717, 1.165) is 32.2 Å². The number of anilines is 1. The van der Waals surface area contributed by atoms with Crippen molar-refractivity contribution in [2.75, 3.05) is 23.1 Å².